The summed E-state index contributed by atoms with van der Waals surface area (Å²) in [6.45, 7) is 4.99. The van der Waals surface area contributed by atoms with E-state index in [1.54, 1.807) is 24.0 Å². The van der Waals surface area contributed by atoms with Gasteiger partial charge in [0.25, 0.3) is 0 Å². The van der Waals surface area contributed by atoms with Gasteiger partial charge in [0.15, 0.2) is 0 Å². The zero-order valence-electron chi connectivity index (χ0n) is 12.9. The Bertz CT molecular complexity index is 660. The second-order valence-electron chi connectivity index (χ2n) is 5.44. The van der Waals surface area contributed by atoms with Crippen molar-refractivity contribution in [1.82, 2.24) is 19.7 Å². The molecule has 3 rings (SSSR count). The number of amides is 2. The summed E-state index contributed by atoms with van der Waals surface area (Å²) in [5.41, 5.74) is 1.20. The molecule has 0 atom stereocenters. The lowest BCUT2D eigenvalue weighted by Gasteiger charge is -2.35. The van der Waals surface area contributed by atoms with Gasteiger partial charge in [0, 0.05) is 45.5 Å². The van der Waals surface area contributed by atoms with Crippen molar-refractivity contribution in [2.24, 2.45) is 7.05 Å². The molecule has 1 N–H and O–H groups in total. The number of carbonyl (C=O) groups is 1. The van der Waals surface area contributed by atoms with Crippen molar-refractivity contribution < 1.29 is 4.79 Å². The van der Waals surface area contributed by atoms with E-state index >= 15 is 0 Å². The Labute approximate surface area is 129 Å². The van der Waals surface area contributed by atoms with Crippen molar-refractivity contribution in [1.29, 1.82) is 0 Å². The van der Waals surface area contributed by atoms with Crippen molar-refractivity contribution >= 4 is 17.7 Å². The van der Waals surface area contributed by atoms with E-state index in [1.165, 1.54) is 5.56 Å². The van der Waals surface area contributed by atoms with E-state index in [1.807, 2.05) is 17.2 Å². The van der Waals surface area contributed by atoms with Crippen LogP contribution in [0.1, 0.15) is 5.56 Å². The minimum absolute atomic E-state index is 0.0829. The summed E-state index contributed by atoms with van der Waals surface area (Å²) in [5, 5.41) is 6.92. The first-order valence-electron chi connectivity index (χ1n) is 7.35. The molecule has 7 nitrogen and oxygen atoms in total. The molecule has 2 aromatic rings. The zero-order valence-corrected chi connectivity index (χ0v) is 12.9. The lowest BCUT2D eigenvalue weighted by Crippen LogP contribution is -2.50. The third kappa shape index (κ3) is 3.03. The number of piperazine rings is 1. The molecule has 0 radical (unpaired) electrons. The number of hydrogen-bond acceptors (Lipinski definition) is 4. The summed E-state index contributed by atoms with van der Waals surface area (Å²) < 4.78 is 1.64. The predicted molar refractivity (Wildman–Crippen MR) is 85.0 cm³/mol. The second kappa shape index (κ2) is 6.05. The summed E-state index contributed by atoms with van der Waals surface area (Å²) in [6, 6.07) is 5.76. The quantitative estimate of drug-likeness (QED) is 0.912. The topological polar surface area (TPSA) is 66.3 Å². The van der Waals surface area contributed by atoms with Gasteiger partial charge in [-0.3, -0.25) is 10.00 Å². The van der Waals surface area contributed by atoms with Crippen LogP contribution >= 0.6 is 0 Å². The van der Waals surface area contributed by atoms with Gasteiger partial charge in [-0.1, -0.05) is 0 Å². The van der Waals surface area contributed by atoms with E-state index in [0.29, 0.717) is 18.9 Å². The van der Waals surface area contributed by atoms with Crippen molar-refractivity contribution in [3.8, 4) is 0 Å². The Kier molecular flexibility index (Phi) is 3.95. The lowest BCUT2D eigenvalue weighted by molar-refractivity contribution is 0.208. The summed E-state index contributed by atoms with van der Waals surface area (Å²) in [6.07, 6.45) is 3.49. The number of pyridine rings is 1. The second-order valence-corrected chi connectivity index (χ2v) is 5.44. The summed E-state index contributed by atoms with van der Waals surface area (Å²) >= 11 is 0. The van der Waals surface area contributed by atoms with Gasteiger partial charge in [-0.25, -0.2) is 9.78 Å². The average molecular weight is 300 g/mol. The molecule has 0 bridgehead atoms. The average Bonchev–Trinajstić information content (AvgIpc) is 2.92. The maximum Gasteiger partial charge on any atom is 0.323 e. The minimum Gasteiger partial charge on any atom is -0.353 e. The monoisotopic (exact) mass is 300 g/mol. The third-order valence-electron chi connectivity index (χ3n) is 3.85. The highest BCUT2D eigenvalue weighted by atomic mass is 16.2. The number of aryl methyl sites for hydroxylation is 2. The minimum atomic E-state index is -0.0829. The number of nitrogens with one attached hydrogen (secondary N) is 1. The van der Waals surface area contributed by atoms with E-state index in [9.17, 15) is 4.79 Å². The molecule has 1 aliphatic rings. The van der Waals surface area contributed by atoms with Gasteiger partial charge >= 0.3 is 6.03 Å². The van der Waals surface area contributed by atoms with Crippen molar-refractivity contribution in [3.05, 3.63) is 36.2 Å². The van der Waals surface area contributed by atoms with Crippen LogP contribution in [-0.2, 0) is 7.05 Å². The summed E-state index contributed by atoms with van der Waals surface area (Å²) in [5.74, 6) is 1.68. The standard InChI is InChI=1S/C15H20N6O/c1-12-3-5-16-14(11-12)20-7-9-21(10-8-20)15(22)18-13-4-6-17-19(13)2/h3-6,11H,7-10H2,1-2H3,(H,18,22). The van der Waals surface area contributed by atoms with Crippen LogP contribution in [0.2, 0.25) is 0 Å². The van der Waals surface area contributed by atoms with Crippen molar-refractivity contribution in [2.75, 3.05) is 36.4 Å². The number of carbonyl (C=O) groups excluding carboxylic acids is 1. The Hall–Kier alpha value is -2.57. The largest absolute Gasteiger partial charge is 0.353 e. The molecule has 22 heavy (non-hydrogen) atoms. The highest BCUT2D eigenvalue weighted by Gasteiger charge is 2.22. The first kappa shape index (κ1) is 14.4. The maximum absolute atomic E-state index is 12.3. The Morgan fingerprint density at radius 2 is 1.95 bits per heavy atom. The predicted octanol–water partition coefficient (Wildman–Crippen LogP) is 1.48. The molecule has 116 valence electrons. The lowest BCUT2D eigenvalue weighted by atomic mass is 10.2. The van der Waals surface area contributed by atoms with Crippen molar-refractivity contribution in [3.63, 3.8) is 0 Å². The molecule has 0 unspecified atom stereocenters. The Morgan fingerprint density at radius 3 is 2.59 bits per heavy atom. The molecule has 0 spiro atoms. The first-order valence-corrected chi connectivity index (χ1v) is 7.35. The molecular weight excluding hydrogens is 280 g/mol. The third-order valence-corrected chi connectivity index (χ3v) is 3.85. The van der Waals surface area contributed by atoms with Crippen LogP contribution in [0.4, 0.5) is 16.4 Å². The fraction of sp³-hybridized carbons (Fsp3) is 0.400. The van der Waals surface area contributed by atoms with Crippen LogP contribution in [0, 0.1) is 6.92 Å². The van der Waals surface area contributed by atoms with Gasteiger partial charge in [-0.2, -0.15) is 5.10 Å². The maximum atomic E-state index is 12.3. The molecule has 0 saturated carbocycles. The molecule has 1 fully saturated rings. The highest BCUT2D eigenvalue weighted by molar-refractivity contribution is 5.88. The summed E-state index contributed by atoms with van der Waals surface area (Å²) in [4.78, 5) is 20.7. The number of rotatable bonds is 2. The number of anilines is 2. The molecule has 7 heteroatoms. The van der Waals surface area contributed by atoms with Gasteiger partial charge in [-0.15, -0.1) is 0 Å². The molecule has 2 amide bonds. The SMILES string of the molecule is Cc1ccnc(N2CCN(C(=O)Nc3ccnn3C)CC2)c1. The van der Waals surface area contributed by atoms with Crippen LogP contribution in [0.15, 0.2) is 30.6 Å². The Balaban J connectivity index is 1.57. The van der Waals surface area contributed by atoms with Crippen LogP contribution in [0.25, 0.3) is 0 Å². The van der Waals surface area contributed by atoms with E-state index < -0.39 is 0 Å². The van der Waals surface area contributed by atoms with Crippen LogP contribution < -0.4 is 10.2 Å². The normalized spacial score (nSPS) is 15.0. The number of nitrogens with zero attached hydrogens (tertiary/aromatic N) is 5. The molecule has 3 heterocycles. The fourth-order valence-electron chi connectivity index (χ4n) is 2.52. The molecule has 0 aromatic carbocycles. The fourth-order valence-corrected chi connectivity index (χ4v) is 2.52. The van der Waals surface area contributed by atoms with Gasteiger partial charge in [0.05, 0.1) is 6.20 Å². The molecule has 1 saturated heterocycles. The van der Waals surface area contributed by atoms with E-state index in [4.69, 9.17) is 0 Å². The molecular formula is C15H20N6O. The van der Waals surface area contributed by atoms with Crippen LogP contribution in [0.3, 0.4) is 0 Å². The van der Waals surface area contributed by atoms with E-state index in [2.05, 4.69) is 33.3 Å². The highest BCUT2D eigenvalue weighted by Crippen LogP contribution is 2.15. The van der Waals surface area contributed by atoms with Gasteiger partial charge in [0.2, 0.25) is 0 Å². The first-order chi connectivity index (χ1) is 10.6. The van der Waals surface area contributed by atoms with E-state index in [-0.39, 0.29) is 6.03 Å². The van der Waals surface area contributed by atoms with Crippen LogP contribution in [-0.4, -0.2) is 51.9 Å². The number of urea groups is 1. The zero-order chi connectivity index (χ0) is 15.5. The summed E-state index contributed by atoms with van der Waals surface area (Å²) in [7, 11) is 1.80. The number of hydrogen-bond donors (Lipinski definition) is 1. The molecule has 1 aliphatic heterocycles. The smallest absolute Gasteiger partial charge is 0.323 e. The number of aromatic nitrogens is 3. The van der Waals surface area contributed by atoms with Crippen LogP contribution in [0.5, 0.6) is 0 Å². The van der Waals surface area contributed by atoms with Gasteiger partial charge in [0.1, 0.15) is 11.6 Å². The van der Waals surface area contributed by atoms with Crippen molar-refractivity contribution in [2.45, 2.75) is 6.92 Å². The molecule has 2 aromatic heterocycles. The molecule has 0 aliphatic carbocycles. The Morgan fingerprint density at radius 1 is 1.18 bits per heavy atom. The van der Waals surface area contributed by atoms with E-state index in [0.717, 1.165) is 18.9 Å². The van der Waals surface area contributed by atoms with Gasteiger partial charge in [-0.05, 0) is 24.6 Å². The van der Waals surface area contributed by atoms with Gasteiger partial charge < -0.3 is 9.80 Å².